The van der Waals surface area contributed by atoms with Crippen LogP contribution >= 0.6 is 11.6 Å². The Morgan fingerprint density at radius 2 is 2.14 bits per heavy atom. The molecule has 0 unspecified atom stereocenters. The van der Waals surface area contributed by atoms with Crippen molar-refractivity contribution in [3.05, 3.63) is 47.4 Å². The second-order valence-electron chi connectivity index (χ2n) is 4.51. The van der Waals surface area contributed by atoms with Crippen LogP contribution in [0.4, 0.5) is 11.5 Å². The smallest absolute Gasteiger partial charge is 0.337 e. The molecule has 0 bridgehead atoms. The zero-order valence-electron chi connectivity index (χ0n) is 11.0. The lowest BCUT2D eigenvalue weighted by Crippen LogP contribution is -1.99. The molecule has 0 atom stereocenters. The molecule has 0 spiro atoms. The molecule has 0 radical (unpaired) electrons. The highest BCUT2D eigenvalue weighted by molar-refractivity contribution is 6.33. The van der Waals surface area contributed by atoms with Crippen LogP contribution in [0.3, 0.4) is 0 Å². The van der Waals surface area contributed by atoms with Gasteiger partial charge in [-0.25, -0.2) is 14.8 Å². The number of hydrogen-bond donors (Lipinski definition) is 2. The van der Waals surface area contributed by atoms with E-state index < -0.39 is 5.97 Å². The molecule has 0 aliphatic carbocycles. The van der Waals surface area contributed by atoms with E-state index in [0.717, 1.165) is 11.0 Å². The number of imidazole rings is 1. The number of aromatic carboxylic acids is 1. The van der Waals surface area contributed by atoms with Crippen LogP contribution in [0.2, 0.25) is 5.02 Å². The summed E-state index contributed by atoms with van der Waals surface area (Å²) in [6.45, 7) is 0. The summed E-state index contributed by atoms with van der Waals surface area (Å²) in [7, 11) is 1.90. The summed E-state index contributed by atoms with van der Waals surface area (Å²) < 4.78 is 1.89. The van der Waals surface area contributed by atoms with Gasteiger partial charge in [0.2, 0.25) is 0 Å². The SMILES string of the molecule is Cn1cnc2c(Nc3ccc(C(=O)O)c(Cl)c3)nccc21. The topological polar surface area (TPSA) is 80.0 Å². The minimum absolute atomic E-state index is 0.0613. The van der Waals surface area contributed by atoms with Crippen molar-refractivity contribution in [3.63, 3.8) is 0 Å². The van der Waals surface area contributed by atoms with E-state index in [1.165, 1.54) is 6.07 Å². The molecule has 3 rings (SSSR count). The number of rotatable bonds is 3. The summed E-state index contributed by atoms with van der Waals surface area (Å²) in [6, 6.07) is 6.51. The average molecular weight is 303 g/mol. The highest BCUT2D eigenvalue weighted by atomic mass is 35.5. The number of fused-ring (bicyclic) bond motifs is 1. The van der Waals surface area contributed by atoms with E-state index in [1.807, 2.05) is 17.7 Å². The summed E-state index contributed by atoms with van der Waals surface area (Å²) in [5.41, 5.74) is 2.39. The molecule has 0 aliphatic heterocycles. The predicted octanol–water partition coefficient (Wildman–Crippen LogP) is 3.06. The van der Waals surface area contributed by atoms with Crippen LogP contribution in [0.25, 0.3) is 11.0 Å². The molecule has 2 N–H and O–H groups in total. The standard InChI is InChI=1S/C14H11ClN4O2/c1-19-7-17-12-11(19)4-5-16-13(12)18-8-2-3-9(14(20)21)10(15)6-8/h2-7H,1H3,(H,16,18)(H,20,21). The van der Waals surface area contributed by atoms with E-state index in [9.17, 15) is 4.79 Å². The van der Waals surface area contributed by atoms with E-state index in [1.54, 1.807) is 24.7 Å². The van der Waals surface area contributed by atoms with Crippen molar-refractivity contribution in [1.82, 2.24) is 14.5 Å². The van der Waals surface area contributed by atoms with Crippen molar-refractivity contribution in [1.29, 1.82) is 0 Å². The lowest BCUT2D eigenvalue weighted by molar-refractivity contribution is 0.0697. The molecule has 0 aliphatic rings. The van der Waals surface area contributed by atoms with Gasteiger partial charge in [-0.05, 0) is 24.3 Å². The second kappa shape index (κ2) is 5.06. The fraction of sp³-hybridized carbons (Fsp3) is 0.0714. The van der Waals surface area contributed by atoms with Crippen LogP contribution in [0.15, 0.2) is 36.8 Å². The molecule has 1 aromatic carbocycles. The largest absolute Gasteiger partial charge is 0.478 e. The fourth-order valence-electron chi connectivity index (χ4n) is 2.06. The summed E-state index contributed by atoms with van der Waals surface area (Å²) in [5, 5.41) is 12.2. The third-order valence-corrected chi connectivity index (χ3v) is 3.42. The number of carboxylic acid groups (broad SMARTS) is 1. The Morgan fingerprint density at radius 3 is 2.86 bits per heavy atom. The Hall–Kier alpha value is -2.60. The molecule has 106 valence electrons. The van der Waals surface area contributed by atoms with Gasteiger partial charge in [0.15, 0.2) is 5.82 Å². The van der Waals surface area contributed by atoms with Crippen LogP contribution in [0, 0.1) is 0 Å². The number of anilines is 2. The predicted molar refractivity (Wildman–Crippen MR) is 80.2 cm³/mol. The van der Waals surface area contributed by atoms with E-state index in [2.05, 4.69) is 15.3 Å². The van der Waals surface area contributed by atoms with Crippen molar-refractivity contribution in [2.24, 2.45) is 7.05 Å². The van der Waals surface area contributed by atoms with E-state index in [0.29, 0.717) is 11.5 Å². The Labute approximate surface area is 125 Å². The minimum atomic E-state index is -1.06. The Balaban J connectivity index is 1.99. The van der Waals surface area contributed by atoms with Gasteiger partial charge < -0.3 is 15.0 Å². The minimum Gasteiger partial charge on any atom is -0.478 e. The number of aryl methyl sites for hydroxylation is 1. The van der Waals surface area contributed by atoms with Gasteiger partial charge >= 0.3 is 5.97 Å². The Bertz CT molecular complexity index is 844. The highest BCUT2D eigenvalue weighted by Crippen LogP contribution is 2.26. The molecule has 3 aromatic rings. The molecule has 0 amide bonds. The molecular formula is C14H11ClN4O2. The van der Waals surface area contributed by atoms with Crippen LogP contribution < -0.4 is 5.32 Å². The van der Waals surface area contributed by atoms with Gasteiger partial charge in [0, 0.05) is 18.9 Å². The second-order valence-corrected chi connectivity index (χ2v) is 4.91. The van der Waals surface area contributed by atoms with E-state index in [4.69, 9.17) is 16.7 Å². The van der Waals surface area contributed by atoms with Gasteiger partial charge in [-0.15, -0.1) is 0 Å². The maximum atomic E-state index is 10.9. The van der Waals surface area contributed by atoms with Crippen molar-refractivity contribution in [2.75, 3.05) is 5.32 Å². The summed E-state index contributed by atoms with van der Waals surface area (Å²) in [6.07, 6.45) is 3.39. The number of pyridine rings is 1. The number of nitrogens with zero attached hydrogens (tertiary/aromatic N) is 3. The highest BCUT2D eigenvalue weighted by Gasteiger charge is 2.11. The zero-order valence-corrected chi connectivity index (χ0v) is 11.8. The first kappa shape index (κ1) is 13.4. The van der Waals surface area contributed by atoms with Crippen molar-refractivity contribution in [3.8, 4) is 0 Å². The van der Waals surface area contributed by atoms with Gasteiger partial charge in [0.25, 0.3) is 0 Å². The van der Waals surface area contributed by atoms with E-state index >= 15 is 0 Å². The van der Waals surface area contributed by atoms with Crippen molar-refractivity contribution in [2.45, 2.75) is 0 Å². The Morgan fingerprint density at radius 1 is 1.33 bits per heavy atom. The first-order chi connectivity index (χ1) is 10.1. The molecule has 0 saturated heterocycles. The average Bonchev–Trinajstić information content (AvgIpc) is 2.81. The van der Waals surface area contributed by atoms with Gasteiger partial charge in [-0.2, -0.15) is 0 Å². The van der Waals surface area contributed by atoms with Crippen LogP contribution in [0.5, 0.6) is 0 Å². The maximum Gasteiger partial charge on any atom is 0.337 e. The third kappa shape index (κ3) is 2.41. The normalized spacial score (nSPS) is 10.8. The number of aromatic nitrogens is 3. The quantitative estimate of drug-likeness (QED) is 0.777. The van der Waals surface area contributed by atoms with Crippen molar-refractivity contribution >= 4 is 40.1 Å². The van der Waals surface area contributed by atoms with Gasteiger partial charge in [0.05, 0.1) is 22.4 Å². The Kier molecular flexibility index (Phi) is 3.23. The lowest BCUT2D eigenvalue weighted by atomic mass is 10.2. The molecule has 6 nitrogen and oxygen atoms in total. The first-order valence-corrected chi connectivity index (χ1v) is 6.50. The first-order valence-electron chi connectivity index (χ1n) is 6.12. The summed E-state index contributed by atoms with van der Waals surface area (Å²) in [4.78, 5) is 19.5. The molecule has 0 saturated carbocycles. The van der Waals surface area contributed by atoms with Gasteiger partial charge in [0.1, 0.15) is 5.52 Å². The monoisotopic (exact) mass is 302 g/mol. The molecule has 2 aromatic heterocycles. The van der Waals surface area contributed by atoms with E-state index in [-0.39, 0.29) is 10.6 Å². The van der Waals surface area contributed by atoms with Gasteiger partial charge in [-0.3, -0.25) is 0 Å². The van der Waals surface area contributed by atoms with Crippen LogP contribution in [-0.2, 0) is 7.05 Å². The number of hydrogen-bond acceptors (Lipinski definition) is 4. The summed E-state index contributed by atoms with van der Waals surface area (Å²) >= 11 is 5.95. The molecule has 7 heteroatoms. The molecule has 0 fully saturated rings. The number of halogens is 1. The molecule has 2 heterocycles. The number of carbonyl (C=O) groups is 1. The summed E-state index contributed by atoms with van der Waals surface area (Å²) in [5.74, 6) is -0.469. The number of carboxylic acids is 1. The van der Waals surface area contributed by atoms with Gasteiger partial charge in [-0.1, -0.05) is 11.6 Å². The molecular weight excluding hydrogens is 292 g/mol. The lowest BCUT2D eigenvalue weighted by Gasteiger charge is -2.08. The third-order valence-electron chi connectivity index (χ3n) is 3.11. The fourth-order valence-corrected chi connectivity index (χ4v) is 2.32. The molecule has 21 heavy (non-hydrogen) atoms. The number of nitrogens with one attached hydrogen (secondary N) is 1. The van der Waals surface area contributed by atoms with Crippen LogP contribution in [0.1, 0.15) is 10.4 Å². The maximum absolute atomic E-state index is 10.9. The zero-order chi connectivity index (χ0) is 15.0. The van der Waals surface area contributed by atoms with Crippen molar-refractivity contribution < 1.29 is 9.90 Å². The number of benzene rings is 1. The van der Waals surface area contributed by atoms with Crippen LogP contribution in [-0.4, -0.2) is 25.6 Å².